The summed E-state index contributed by atoms with van der Waals surface area (Å²) in [6.45, 7) is 5.66. The van der Waals surface area contributed by atoms with E-state index in [0.717, 1.165) is 31.6 Å². The molecule has 160 valence electrons. The lowest BCUT2D eigenvalue weighted by molar-refractivity contribution is 0.253. The quantitative estimate of drug-likeness (QED) is 0.463. The summed E-state index contributed by atoms with van der Waals surface area (Å²) < 4.78 is 1.95. The summed E-state index contributed by atoms with van der Waals surface area (Å²) in [5, 5.41) is 12.9. The topological polar surface area (TPSA) is 61.8 Å². The van der Waals surface area contributed by atoms with E-state index in [0.29, 0.717) is 12.1 Å². The van der Waals surface area contributed by atoms with Crippen LogP contribution in [0.2, 0.25) is 0 Å². The lowest BCUT2D eigenvalue weighted by Crippen LogP contribution is -2.41. The Balaban J connectivity index is 1.17. The van der Waals surface area contributed by atoms with Crippen molar-refractivity contribution in [3.05, 3.63) is 78.5 Å². The number of hydrogen-bond acceptors (Lipinski definition) is 4. The molecule has 0 spiro atoms. The number of nitrogens with one attached hydrogen (secondary N) is 2. The second-order valence-corrected chi connectivity index (χ2v) is 8.52. The molecule has 1 aliphatic heterocycles. The summed E-state index contributed by atoms with van der Waals surface area (Å²) in [5.74, 6) is 0. The molecule has 1 saturated heterocycles. The average molecular weight is 415 g/mol. The highest BCUT2D eigenvalue weighted by atomic mass is 15.2. The van der Waals surface area contributed by atoms with Crippen molar-refractivity contribution in [1.82, 2.24) is 30.0 Å². The van der Waals surface area contributed by atoms with Crippen LogP contribution in [0.1, 0.15) is 24.5 Å². The fraction of sp³-hybridized carbons (Fsp3) is 0.360. The van der Waals surface area contributed by atoms with E-state index in [4.69, 9.17) is 0 Å². The van der Waals surface area contributed by atoms with Gasteiger partial charge in [0.25, 0.3) is 0 Å². The molecule has 2 N–H and O–H groups in total. The Labute approximate surface area is 183 Å². The molecule has 6 heteroatoms. The second kappa shape index (κ2) is 9.04. The van der Waals surface area contributed by atoms with E-state index in [2.05, 4.69) is 87.0 Å². The number of benzene rings is 2. The molecule has 0 aliphatic carbocycles. The summed E-state index contributed by atoms with van der Waals surface area (Å²) >= 11 is 0. The van der Waals surface area contributed by atoms with Crippen LogP contribution in [0, 0.1) is 0 Å². The minimum Gasteiger partial charge on any atom is -0.361 e. The first kappa shape index (κ1) is 20.0. The van der Waals surface area contributed by atoms with Gasteiger partial charge in [-0.05, 0) is 62.1 Å². The lowest BCUT2D eigenvalue weighted by Gasteiger charge is -2.25. The molecule has 2 atom stereocenters. The summed E-state index contributed by atoms with van der Waals surface area (Å²) in [5.41, 5.74) is 5.05. The van der Waals surface area contributed by atoms with Gasteiger partial charge in [-0.3, -0.25) is 9.47 Å². The molecule has 0 bridgehead atoms. The van der Waals surface area contributed by atoms with Crippen molar-refractivity contribution in [2.24, 2.45) is 0 Å². The maximum atomic E-state index is 3.92. The Morgan fingerprint density at radius 1 is 1.06 bits per heavy atom. The van der Waals surface area contributed by atoms with E-state index in [1.165, 1.54) is 35.0 Å². The number of H-pyrrole nitrogens is 1. The predicted molar refractivity (Wildman–Crippen MR) is 125 cm³/mol. The standard InChI is InChI=1S/C25H30N6/c1-19-24(26-12-9-20-5-3-2-4-6-20)11-14-30(19)13-10-21-16-27-25-8-7-22(15-23(21)25)31-17-28-29-18-31/h2-8,15-19,24,26-27H,9-14H2,1H3/t19?,24-/m0/s1. The Kier molecular flexibility index (Phi) is 5.82. The SMILES string of the molecule is CC1[C@@H](NCCc2ccccc2)CCN1CCc1c[nH]c2ccc(-n3cnnc3)cc12. The number of fused-ring (bicyclic) bond motifs is 1. The van der Waals surface area contributed by atoms with Gasteiger partial charge in [-0.15, -0.1) is 10.2 Å². The fourth-order valence-electron chi connectivity index (χ4n) is 4.77. The molecule has 2 aromatic heterocycles. The second-order valence-electron chi connectivity index (χ2n) is 8.52. The summed E-state index contributed by atoms with van der Waals surface area (Å²) in [7, 11) is 0. The third-order valence-electron chi connectivity index (χ3n) is 6.68. The van der Waals surface area contributed by atoms with Crippen LogP contribution in [0.4, 0.5) is 0 Å². The van der Waals surface area contributed by atoms with Gasteiger partial charge >= 0.3 is 0 Å². The van der Waals surface area contributed by atoms with Crippen LogP contribution in [0.5, 0.6) is 0 Å². The minimum absolute atomic E-state index is 0.563. The molecule has 2 aromatic carbocycles. The van der Waals surface area contributed by atoms with Crippen molar-refractivity contribution in [2.45, 2.75) is 38.3 Å². The van der Waals surface area contributed by atoms with E-state index in [1.54, 1.807) is 12.7 Å². The number of aromatic amines is 1. The van der Waals surface area contributed by atoms with Crippen molar-refractivity contribution < 1.29 is 0 Å². The molecule has 4 aromatic rings. The molecule has 3 heterocycles. The summed E-state index contributed by atoms with van der Waals surface area (Å²) in [4.78, 5) is 6.06. The van der Waals surface area contributed by atoms with Crippen molar-refractivity contribution in [2.75, 3.05) is 19.6 Å². The first-order valence-electron chi connectivity index (χ1n) is 11.2. The molecule has 1 unspecified atom stereocenters. The molecular formula is C25H30N6. The molecule has 0 saturated carbocycles. The molecular weight excluding hydrogens is 384 g/mol. The molecule has 6 nitrogen and oxygen atoms in total. The zero-order chi connectivity index (χ0) is 21.0. The van der Waals surface area contributed by atoms with Crippen LogP contribution in [-0.2, 0) is 12.8 Å². The first-order chi connectivity index (χ1) is 15.3. The Morgan fingerprint density at radius 2 is 1.90 bits per heavy atom. The normalized spacial score (nSPS) is 19.4. The van der Waals surface area contributed by atoms with Crippen LogP contribution >= 0.6 is 0 Å². The van der Waals surface area contributed by atoms with Gasteiger partial charge < -0.3 is 10.3 Å². The minimum atomic E-state index is 0.563. The fourth-order valence-corrected chi connectivity index (χ4v) is 4.77. The highest BCUT2D eigenvalue weighted by Crippen LogP contribution is 2.24. The van der Waals surface area contributed by atoms with E-state index in [-0.39, 0.29) is 0 Å². The Bertz CT molecular complexity index is 1100. The van der Waals surface area contributed by atoms with Gasteiger partial charge in [0, 0.05) is 48.0 Å². The van der Waals surface area contributed by atoms with E-state index < -0.39 is 0 Å². The lowest BCUT2D eigenvalue weighted by atomic mass is 10.1. The van der Waals surface area contributed by atoms with Crippen LogP contribution in [0.25, 0.3) is 16.6 Å². The maximum Gasteiger partial charge on any atom is 0.123 e. The Morgan fingerprint density at radius 3 is 2.74 bits per heavy atom. The van der Waals surface area contributed by atoms with E-state index >= 15 is 0 Å². The summed E-state index contributed by atoms with van der Waals surface area (Å²) in [6.07, 6.45) is 9.01. The third-order valence-corrected chi connectivity index (χ3v) is 6.68. The van der Waals surface area contributed by atoms with Gasteiger partial charge in [-0.25, -0.2) is 0 Å². The van der Waals surface area contributed by atoms with Crippen LogP contribution < -0.4 is 5.32 Å². The van der Waals surface area contributed by atoms with Gasteiger partial charge in [0.15, 0.2) is 0 Å². The van der Waals surface area contributed by atoms with Crippen LogP contribution in [0.3, 0.4) is 0 Å². The first-order valence-corrected chi connectivity index (χ1v) is 11.2. The zero-order valence-electron chi connectivity index (χ0n) is 18.0. The Hall–Kier alpha value is -2.96. The maximum absolute atomic E-state index is 3.92. The molecule has 5 rings (SSSR count). The zero-order valence-corrected chi connectivity index (χ0v) is 18.0. The highest BCUT2D eigenvalue weighted by Gasteiger charge is 2.29. The largest absolute Gasteiger partial charge is 0.361 e. The average Bonchev–Trinajstić information content (AvgIpc) is 3.54. The van der Waals surface area contributed by atoms with Gasteiger partial charge in [-0.1, -0.05) is 30.3 Å². The van der Waals surface area contributed by atoms with Crippen molar-refractivity contribution in [3.63, 3.8) is 0 Å². The van der Waals surface area contributed by atoms with Crippen LogP contribution in [0.15, 0.2) is 67.4 Å². The van der Waals surface area contributed by atoms with E-state index in [1.807, 2.05) is 4.57 Å². The number of hydrogen-bond donors (Lipinski definition) is 2. The number of aromatic nitrogens is 4. The van der Waals surface area contributed by atoms with Gasteiger partial charge in [0.1, 0.15) is 12.7 Å². The molecule has 31 heavy (non-hydrogen) atoms. The van der Waals surface area contributed by atoms with Gasteiger partial charge in [0.2, 0.25) is 0 Å². The smallest absolute Gasteiger partial charge is 0.123 e. The van der Waals surface area contributed by atoms with E-state index in [9.17, 15) is 0 Å². The third kappa shape index (κ3) is 4.40. The van der Waals surface area contributed by atoms with Crippen LogP contribution in [-0.4, -0.2) is 56.4 Å². The monoisotopic (exact) mass is 414 g/mol. The van der Waals surface area contributed by atoms with Crippen molar-refractivity contribution in [3.8, 4) is 5.69 Å². The molecule has 1 fully saturated rings. The molecule has 0 radical (unpaired) electrons. The van der Waals surface area contributed by atoms with Crippen molar-refractivity contribution in [1.29, 1.82) is 0 Å². The van der Waals surface area contributed by atoms with Gasteiger partial charge in [-0.2, -0.15) is 0 Å². The summed E-state index contributed by atoms with van der Waals surface area (Å²) in [6, 6.07) is 18.3. The van der Waals surface area contributed by atoms with Gasteiger partial charge in [0.05, 0.1) is 0 Å². The molecule has 0 amide bonds. The number of rotatable bonds is 8. The molecule has 1 aliphatic rings. The highest BCUT2D eigenvalue weighted by molar-refractivity contribution is 5.85. The number of likely N-dealkylation sites (tertiary alicyclic amines) is 1. The predicted octanol–water partition coefficient (Wildman–Crippen LogP) is 3.59. The number of nitrogens with zero attached hydrogens (tertiary/aromatic N) is 4. The van der Waals surface area contributed by atoms with Crippen molar-refractivity contribution >= 4 is 10.9 Å².